The van der Waals surface area contributed by atoms with Crippen LogP contribution in [0.25, 0.3) is 27.5 Å². The van der Waals surface area contributed by atoms with Gasteiger partial charge in [-0.2, -0.15) is 0 Å². The number of imidazole rings is 1. The van der Waals surface area contributed by atoms with Crippen molar-refractivity contribution in [3.8, 4) is 34.0 Å². The van der Waals surface area contributed by atoms with Gasteiger partial charge < -0.3 is 9.47 Å². The molecule has 6 heteroatoms. The Bertz CT molecular complexity index is 1210. The lowest BCUT2D eigenvalue weighted by atomic mass is 10.0. The lowest BCUT2D eigenvalue weighted by Crippen LogP contribution is -1.95. The molecule has 0 fully saturated rings. The van der Waals surface area contributed by atoms with Gasteiger partial charge in [-0.05, 0) is 37.6 Å². The molecule has 0 atom stereocenters. The van der Waals surface area contributed by atoms with Crippen LogP contribution >= 0.6 is 11.3 Å². The molecule has 0 saturated heterocycles. The maximum absolute atomic E-state index is 12.0. The SMILES string of the molecule is Cc1ccc(-c2csc3nc(-c4ccc5c(c4)OCO5)c(C=O)n23)c(C)c1. The van der Waals surface area contributed by atoms with Crippen molar-refractivity contribution in [2.75, 3.05) is 6.79 Å². The number of carbonyl (C=O) groups excluding carboxylic acids is 1. The highest BCUT2D eigenvalue weighted by molar-refractivity contribution is 7.15. The Morgan fingerprint density at radius 2 is 1.96 bits per heavy atom. The molecule has 134 valence electrons. The number of aryl methyl sites for hydroxylation is 2. The monoisotopic (exact) mass is 376 g/mol. The van der Waals surface area contributed by atoms with E-state index in [2.05, 4.69) is 37.4 Å². The second-order valence-corrected chi connectivity index (χ2v) is 7.43. The smallest absolute Gasteiger partial charge is 0.231 e. The van der Waals surface area contributed by atoms with Crippen LogP contribution in [0.3, 0.4) is 0 Å². The van der Waals surface area contributed by atoms with Gasteiger partial charge >= 0.3 is 0 Å². The standard InChI is InChI=1S/C21H16N2O3S/c1-12-3-5-15(13(2)7-12)17-10-27-21-22-20(16(9-24)23(17)21)14-4-6-18-19(8-14)26-11-25-18/h3-10H,11H2,1-2H3. The summed E-state index contributed by atoms with van der Waals surface area (Å²) in [6.45, 7) is 4.38. The average molecular weight is 376 g/mol. The van der Waals surface area contributed by atoms with Gasteiger partial charge in [-0.15, -0.1) is 11.3 Å². The second kappa shape index (κ2) is 5.96. The summed E-state index contributed by atoms with van der Waals surface area (Å²) in [5.41, 5.74) is 6.50. The highest BCUT2D eigenvalue weighted by Crippen LogP contribution is 2.38. The molecule has 3 heterocycles. The molecule has 5 rings (SSSR count). The first-order valence-corrected chi connectivity index (χ1v) is 9.46. The van der Waals surface area contributed by atoms with E-state index in [1.165, 1.54) is 22.5 Å². The van der Waals surface area contributed by atoms with E-state index in [1.807, 2.05) is 22.6 Å². The summed E-state index contributed by atoms with van der Waals surface area (Å²) in [5.74, 6) is 1.39. The molecule has 27 heavy (non-hydrogen) atoms. The highest BCUT2D eigenvalue weighted by Gasteiger charge is 2.21. The molecule has 0 amide bonds. The predicted octanol–water partition coefficient (Wildman–Crippen LogP) is 4.89. The van der Waals surface area contributed by atoms with E-state index in [4.69, 9.17) is 14.5 Å². The topological polar surface area (TPSA) is 52.8 Å². The highest BCUT2D eigenvalue weighted by atomic mass is 32.1. The Morgan fingerprint density at radius 3 is 2.78 bits per heavy atom. The number of carbonyl (C=O) groups is 1. The van der Waals surface area contributed by atoms with Crippen LogP contribution in [0.1, 0.15) is 21.6 Å². The fourth-order valence-electron chi connectivity index (χ4n) is 3.53. The molecule has 0 N–H and O–H groups in total. The van der Waals surface area contributed by atoms with Crippen molar-refractivity contribution in [2.24, 2.45) is 0 Å². The van der Waals surface area contributed by atoms with Gasteiger partial charge in [-0.3, -0.25) is 9.20 Å². The molecule has 1 aliphatic heterocycles. The third-order valence-corrected chi connectivity index (χ3v) is 5.64. The summed E-state index contributed by atoms with van der Waals surface area (Å²) in [6.07, 6.45) is 0.875. The minimum atomic E-state index is 0.217. The van der Waals surface area contributed by atoms with Gasteiger partial charge in [0.15, 0.2) is 22.7 Å². The van der Waals surface area contributed by atoms with Crippen LogP contribution in [0.4, 0.5) is 0 Å². The lowest BCUT2D eigenvalue weighted by molar-refractivity contribution is 0.111. The molecule has 1 aliphatic rings. The normalized spacial score (nSPS) is 12.7. The molecule has 4 aromatic rings. The molecule has 0 aliphatic carbocycles. The zero-order valence-electron chi connectivity index (χ0n) is 14.9. The third kappa shape index (κ3) is 2.44. The number of hydrogen-bond donors (Lipinski definition) is 0. The summed E-state index contributed by atoms with van der Waals surface area (Å²) in [6, 6.07) is 12.0. The quantitative estimate of drug-likeness (QED) is 0.478. The predicted molar refractivity (Wildman–Crippen MR) is 105 cm³/mol. The zero-order valence-corrected chi connectivity index (χ0v) is 15.7. The number of nitrogens with zero attached hydrogens (tertiary/aromatic N) is 2. The second-order valence-electron chi connectivity index (χ2n) is 6.59. The Labute approximate surface area is 159 Å². The molecule has 5 nitrogen and oxygen atoms in total. The number of hydrogen-bond acceptors (Lipinski definition) is 5. The van der Waals surface area contributed by atoms with Gasteiger partial charge in [-0.25, -0.2) is 4.98 Å². The van der Waals surface area contributed by atoms with Gasteiger partial charge in [0.25, 0.3) is 0 Å². The van der Waals surface area contributed by atoms with Crippen LogP contribution in [-0.4, -0.2) is 22.5 Å². The van der Waals surface area contributed by atoms with E-state index < -0.39 is 0 Å². The molecular formula is C21H16N2O3S. The number of aldehydes is 1. The molecule has 0 saturated carbocycles. The number of fused-ring (bicyclic) bond motifs is 2. The fraction of sp³-hybridized carbons (Fsp3) is 0.143. The minimum absolute atomic E-state index is 0.217. The first kappa shape index (κ1) is 16.1. The van der Waals surface area contributed by atoms with Crippen LogP contribution in [0.15, 0.2) is 41.8 Å². The van der Waals surface area contributed by atoms with Crippen molar-refractivity contribution in [3.05, 3.63) is 58.6 Å². The Kier molecular flexibility index (Phi) is 3.55. The van der Waals surface area contributed by atoms with Crippen LogP contribution in [0.2, 0.25) is 0 Å². The average Bonchev–Trinajstić information content (AvgIpc) is 3.35. The van der Waals surface area contributed by atoms with Crippen molar-refractivity contribution in [1.82, 2.24) is 9.38 Å². The molecular weight excluding hydrogens is 360 g/mol. The fourth-order valence-corrected chi connectivity index (χ4v) is 4.43. The first-order valence-electron chi connectivity index (χ1n) is 8.58. The number of rotatable bonds is 3. The number of thiazole rings is 1. The summed E-state index contributed by atoms with van der Waals surface area (Å²) < 4.78 is 12.8. The van der Waals surface area contributed by atoms with Crippen LogP contribution < -0.4 is 9.47 Å². The minimum Gasteiger partial charge on any atom is -0.454 e. The maximum Gasteiger partial charge on any atom is 0.231 e. The Balaban J connectivity index is 1.72. The van der Waals surface area contributed by atoms with Crippen LogP contribution in [0.5, 0.6) is 11.5 Å². The molecule has 2 aromatic carbocycles. The third-order valence-electron chi connectivity index (χ3n) is 4.81. The lowest BCUT2D eigenvalue weighted by Gasteiger charge is -2.07. The van der Waals surface area contributed by atoms with Crippen molar-refractivity contribution in [2.45, 2.75) is 13.8 Å². The van der Waals surface area contributed by atoms with Crippen molar-refractivity contribution >= 4 is 22.6 Å². The first-order chi connectivity index (χ1) is 13.2. The summed E-state index contributed by atoms with van der Waals surface area (Å²) in [5, 5.41) is 2.05. The van der Waals surface area contributed by atoms with E-state index in [9.17, 15) is 4.79 Å². The molecule has 0 radical (unpaired) electrons. The number of benzene rings is 2. The summed E-state index contributed by atoms with van der Waals surface area (Å²) in [7, 11) is 0. The van der Waals surface area contributed by atoms with E-state index in [0.717, 1.165) is 28.1 Å². The van der Waals surface area contributed by atoms with Crippen LogP contribution in [0, 0.1) is 13.8 Å². The van der Waals surface area contributed by atoms with Crippen molar-refractivity contribution in [3.63, 3.8) is 0 Å². The zero-order chi connectivity index (χ0) is 18.5. The van der Waals surface area contributed by atoms with E-state index in [0.29, 0.717) is 22.9 Å². The van der Waals surface area contributed by atoms with Gasteiger partial charge in [0.1, 0.15) is 11.4 Å². The van der Waals surface area contributed by atoms with E-state index in [-0.39, 0.29) is 6.79 Å². The molecule has 0 bridgehead atoms. The van der Waals surface area contributed by atoms with E-state index >= 15 is 0 Å². The molecule has 0 spiro atoms. The number of ether oxygens (including phenoxy) is 2. The maximum atomic E-state index is 12.0. The molecule has 2 aromatic heterocycles. The van der Waals surface area contributed by atoms with Gasteiger partial charge in [0.2, 0.25) is 6.79 Å². The Hall–Kier alpha value is -3.12. The van der Waals surface area contributed by atoms with Gasteiger partial charge in [0.05, 0.1) is 5.69 Å². The van der Waals surface area contributed by atoms with Crippen LogP contribution in [-0.2, 0) is 0 Å². The van der Waals surface area contributed by atoms with E-state index in [1.54, 1.807) is 0 Å². The largest absolute Gasteiger partial charge is 0.454 e. The van der Waals surface area contributed by atoms with Crippen molar-refractivity contribution < 1.29 is 14.3 Å². The summed E-state index contributed by atoms with van der Waals surface area (Å²) in [4.78, 5) is 17.5. The van der Waals surface area contributed by atoms with Crippen molar-refractivity contribution in [1.29, 1.82) is 0 Å². The van der Waals surface area contributed by atoms with Gasteiger partial charge in [0, 0.05) is 16.5 Å². The number of aromatic nitrogens is 2. The van der Waals surface area contributed by atoms with Gasteiger partial charge in [-0.1, -0.05) is 23.8 Å². The summed E-state index contributed by atoms with van der Waals surface area (Å²) >= 11 is 1.53. The Morgan fingerprint density at radius 1 is 1.11 bits per heavy atom. The molecule has 0 unspecified atom stereocenters.